The highest BCUT2D eigenvalue weighted by molar-refractivity contribution is 9.10. The van der Waals surface area contributed by atoms with Crippen LogP contribution in [0.15, 0.2) is 34.8 Å². The van der Waals surface area contributed by atoms with Crippen molar-refractivity contribution in [2.24, 2.45) is 5.73 Å². The molecule has 21 heavy (non-hydrogen) atoms. The predicted octanol–water partition coefficient (Wildman–Crippen LogP) is 5.12. The molecule has 0 fully saturated rings. The van der Waals surface area contributed by atoms with E-state index in [4.69, 9.17) is 40.5 Å². The van der Waals surface area contributed by atoms with Crippen LogP contribution in [0.4, 0.5) is 5.69 Å². The Labute approximate surface area is 145 Å². The van der Waals surface area contributed by atoms with E-state index in [1.165, 1.54) is 6.07 Å². The molecule has 0 aliphatic carbocycles. The Morgan fingerprint density at radius 1 is 1.14 bits per heavy atom. The predicted molar refractivity (Wildman–Crippen MR) is 91.5 cm³/mol. The summed E-state index contributed by atoms with van der Waals surface area (Å²) in [6, 6.07) is 8.51. The zero-order valence-corrected chi connectivity index (χ0v) is 14.4. The van der Waals surface area contributed by atoms with Gasteiger partial charge < -0.3 is 11.1 Å². The minimum atomic E-state index is -0.515. The van der Waals surface area contributed by atoms with Crippen molar-refractivity contribution < 1.29 is 4.79 Å². The van der Waals surface area contributed by atoms with E-state index in [-0.39, 0.29) is 0 Å². The summed E-state index contributed by atoms with van der Waals surface area (Å²) in [7, 11) is 0. The topological polar surface area (TPSA) is 55.1 Å². The number of amides is 1. The highest BCUT2D eigenvalue weighted by atomic mass is 79.9. The van der Waals surface area contributed by atoms with Crippen LogP contribution in [0.5, 0.6) is 0 Å². The summed E-state index contributed by atoms with van der Waals surface area (Å²) in [6.07, 6.45) is 0. The quantitative estimate of drug-likeness (QED) is 0.690. The first-order valence-corrected chi connectivity index (χ1v) is 7.78. The van der Waals surface area contributed by atoms with Crippen LogP contribution in [0.25, 0.3) is 0 Å². The summed E-state index contributed by atoms with van der Waals surface area (Å²) >= 11 is 21.6. The number of hydrogen-bond acceptors (Lipinski definition) is 2. The molecule has 0 aliphatic heterocycles. The number of carbonyl (C=O) groups is 1. The van der Waals surface area contributed by atoms with E-state index in [0.29, 0.717) is 32.9 Å². The number of benzene rings is 2. The molecule has 0 bridgehead atoms. The van der Waals surface area contributed by atoms with E-state index >= 15 is 0 Å². The minimum Gasteiger partial charge on any atom is -0.380 e. The average molecular weight is 409 g/mol. The Bertz CT molecular complexity index is 707. The van der Waals surface area contributed by atoms with E-state index in [0.717, 1.165) is 10.0 Å². The number of hydrogen-bond donors (Lipinski definition) is 2. The first-order valence-electron chi connectivity index (χ1n) is 5.85. The van der Waals surface area contributed by atoms with Crippen LogP contribution in [-0.2, 0) is 6.54 Å². The number of primary amides is 1. The molecule has 2 aromatic carbocycles. The maximum atomic E-state index is 11.1. The molecule has 0 saturated carbocycles. The smallest absolute Gasteiger partial charge is 0.248 e. The molecule has 0 atom stereocenters. The molecule has 0 unspecified atom stereocenters. The molecule has 7 heteroatoms. The van der Waals surface area contributed by atoms with Gasteiger partial charge in [-0.3, -0.25) is 4.79 Å². The summed E-state index contributed by atoms with van der Waals surface area (Å²) in [4.78, 5) is 11.1. The van der Waals surface area contributed by atoms with Crippen LogP contribution in [0.3, 0.4) is 0 Å². The molecule has 0 radical (unpaired) electrons. The third-order valence-corrected chi connectivity index (χ3v) is 4.96. The normalized spacial score (nSPS) is 10.5. The van der Waals surface area contributed by atoms with Crippen molar-refractivity contribution in [1.82, 2.24) is 0 Å². The van der Waals surface area contributed by atoms with Crippen LogP contribution < -0.4 is 11.1 Å². The van der Waals surface area contributed by atoms with Gasteiger partial charge in [-0.05, 0) is 45.8 Å². The Balaban J connectivity index is 2.17. The zero-order valence-electron chi connectivity index (χ0n) is 10.6. The summed E-state index contributed by atoms with van der Waals surface area (Å²) in [6.45, 7) is 0.440. The van der Waals surface area contributed by atoms with Crippen molar-refractivity contribution in [2.75, 3.05) is 5.32 Å². The fraction of sp³-hybridized carbons (Fsp3) is 0.0714. The number of carbonyl (C=O) groups excluding carboxylic acids is 1. The molecule has 3 nitrogen and oxygen atoms in total. The second-order valence-corrected chi connectivity index (χ2v) is 6.26. The summed E-state index contributed by atoms with van der Waals surface area (Å²) in [5.41, 5.74) is 7.08. The van der Waals surface area contributed by atoms with Gasteiger partial charge in [0.15, 0.2) is 0 Å². The van der Waals surface area contributed by atoms with Crippen molar-refractivity contribution in [1.29, 1.82) is 0 Å². The lowest BCUT2D eigenvalue weighted by Crippen LogP contribution is -2.11. The van der Waals surface area contributed by atoms with Gasteiger partial charge in [-0.15, -0.1) is 0 Å². The highest BCUT2D eigenvalue weighted by Crippen LogP contribution is 2.36. The maximum Gasteiger partial charge on any atom is 0.248 e. The molecule has 110 valence electrons. The van der Waals surface area contributed by atoms with E-state index in [1.807, 2.05) is 6.07 Å². The first kappa shape index (κ1) is 16.4. The van der Waals surface area contributed by atoms with Gasteiger partial charge in [-0.1, -0.05) is 40.9 Å². The molecular weight excluding hydrogens is 398 g/mol. The van der Waals surface area contributed by atoms with Crippen molar-refractivity contribution >= 4 is 62.3 Å². The van der Waals surface area contributed by atoms with Gasteiger partial charge >= 0.3 is 0 Å². The third-order valence-electron chi connectivity index (χ3n) is 2.84. The lowest BCUT2D eigenvalue weighted by atomic mass is 10.1. The molecule has 0 aromatic heterocycles. The molecular formula is C14H10BrCl3N2O. The number of anilines is 1. The number of nitrogens with two attached hydrogens (primary N) is 1. The Kier molecular flexibility index (Phi) is 5.38. The van der Waals surface area contributed by atoms with Crippen molar-refractivity contribution in [3.8, 4) is 0 Å². The van der Waals surface area contributed by atoms with Gasteiger partial charge in [0, 0.05) is 21.6 Å². The molecule has 3 N–H and O–H groups in total. The molecule has 0 heterocycles. The Morgan fingerprint density at radius 2 is 1.86 bits per heavy atom. The van der Waals surface area contributed by atoms with Gasteiger partial charge in [-0.2, -0.15) is 0 Å². The standard InChI is InChI=1S/C14H10BrCl3N2O/c15-9-3-4-11(13(18)12(9)17)20-6-8-2-1-7(14(19)21)5-10(8)16/h1-5,20H,6H2,(H2,19,21). The largest absolute Gasteiger partial charge is 0.380 e. The number of nitrogens with one attached hydrogen (secondary N) is 1. The monoisotopic (exact) mass is 406 g/mol. The lowest BCUT2D eigenvalue weighted by molar-refractivity contribution is 0.100. The minimum absolute atomic E-state index is 0.369. The van der Waals surface area contributed by atoms with Gasteiger partial charge in [0.1, 0.15) is 0 Å². The zero-order chi connectivity index (χ0) is 15.6. The van der Waals surface area contributed by atoms with Gasteiger partial charge in [0.25, 0.3) is 0 Å². The second kappa shape index (κ2) is 6.88. The van der Waals surface area contributed by atoms with Crippen LogP contribution in [0, 0.1) is 0 Å². The molecule has 0 saturated heterocycles. The van der Waals surface area contributed by atoms with Crippen LogP contribution in [0.1, 0.15) is 15.9 Å². The van der Waals surface area contributed by atoms with E-state index in [1.54, 1.807) is 18.2 Å². The molecule has 2 rings (SSSR count). The molecule has 1 amide bonds. The van der Waals surface area contributed by atoms with E-state index in [2.05, 4.69) is 21.2 Å². The van der Waals surface area contributed by atoms with Crippen molar-refractivity contribution in [2.45, 2.75) is 6.54 Å². The SMILES string of the molecule is NC(=O)c1ccc(CNc2ccc(Br)c(Cl)c2Cl)c(Cl)c1. The van der Waals surface area contributed by atoms with Crippen LogP contribution in [-0.4, -0.2) is 5.91 Å². The molecule has 0 spiro atoms. The number of halogens is 4. The first-order chi connectivity index (χ1) is 9.90. The summed E-state index contributed by atoms with van der Waals surface area (Å²) < 4.78 is 0.726. The Morgan fingerprint density at radius 3 is 2.48 bits per heavy atom. The Hall–Kier alpha value is -0.940. The lowest BCUT2D eigenvalue weighted by Gasteiger charge is -2.12. The van der Waals surface area contributed by atoms with Crippen molar-refractivity contribution in [3.63, 3.8) is 0 Å². The highest BCUT2D eigenvalue weighted by Gasteiger charge is 2.10. The van der Waals surface area contributed by atoms with Crippen molar-refractivity contribution in [3.05, 3.63) is 61.0 Å². The second-order valence-electron chi connectivity index (χ2n) is 4.25. The average Bonchev–Trinajstić information content (AvgIpc) is 2.45. The van der Waals surface area contributed by atoms with E-state index < -0.39 is 5.91 Å². The van der Waals surface area contributed by atoms with Crippen LogP contribution in [0.2, 0.25) is 15.1 Å². The van der Waals surface area contributed by atoms with Gasteiger partial charge in [-0.25, -0.2) is 0 Å². The van der Waals surface area contributed by atoms with Gasteiger partial charge in [0.2, 0.25) is 5.91 Å². The van der Waals surface area contributed by atoms with Crippen LogP contribution >= 0.6 is 50.7 Å². The number of rotatable bonds is 4. The third kappa shape index (κ3) is 3.83. The fourth-order valence-corrected chi connectivity index (χ4v) is 2.79. The summed E-state index contributed by atoms with van der Waals surface area (Å²) in [5.74, 6) is -0.515. The molecule has 0 aliphatic rings. The molecule has 2 aromatic rings. The van der Waals surface area contributed by atoms with Gasteiger partial charge in [0.05, 0.1) is 15.7 Å². The van der Waals surface area contributed by atoms with E-state index in [9.17, 15) is 4.79 Å². The maximum absolute atomic E-state index is 11.1. The summed E-state index contributed by atoms with van der Waals surface area (Å²) in [5, 5.41) is 4.47. The fourth-order valence-electron chi connectivity index (χ4n) is 1.70.